The second kappa shape index (κ2) is 5.21. The second-order valence-electron chi connectivity index (χ2n) is 3.11. The highest BCUT2D eigenvalue weighted by molar-refractivity contribution is 5.51. The number of nitrogens with zero attached hydrogens (tertiary/aromatic N) is 1. The Hall–Kier alpha value is -1.75. The van der Waals surface area contributed by atoms with Gasteiger partial charge in [0.15, 0.2) is 0 Å². The lowest BCUT2D eigenvalue weighted by molar-refractivity contribution is 0.339. The van der Waals surface area contributed by atoms with Gasteiger partial charge in [-0.2, -0.15) is 5.26 Å². The molecule has 1 radical (unpaired) electrons. The first-order valence-electron chi connectivity index (χ1n) is 4.86. The lowest BCUT2D eigenvalue weighted by atomic mass is 9.96. The number of benzene rings is 1. The lowest BCUT2D eigenvalue weighted by Crippen LogP contribution is -1.99. The summed E-state index contributed by atoms with van der Waals surface area (Å²) in [6, 6.07) is 7.68. The van der Waals surface area contributed by atoms with E-state index in [0.29, 0.717) is 17.9 Å². The monoisotopic (exact) mass is 200 g/mol. The van der Waals surface area contributed by atoms with Gasteiger partial charge in [-0.1, -0.05) is 18.2 Å². The first-order valence-corrected chi connectivity index (χ1v) is 4.86. The fourth-order valence-electron chi connectivity index (χ4n) is 1.38. The van der Waals surface area contributed by atoms with E-state index < -0.39 is 0 Å². The Labute approximate surface area is 90.8 Å². The molecule has 0 heterocycles. The second-order valence-corrected chi connectivity index (χ2v) is 3.11. The molecule has 1 aromatic carbocycles. The van der Waals surface area contributed by atoms with E-state index in [4.69, 9.17) is 10.00 Å². The Bertz CT molecular complexity index is 390. The Balaban J connectivity index is 3.23. The molecule has 0 saturated carbocycles. The maximum absolute atomic E-state index is 9.08. The summed E-state index contributed by atoms with van der Waals surface area (Å²) in [5.74, 6) is 0.535. The van der Waals surface area contributed by atoms with Gasteiger partial charge in [0.2, 0.25) is 0 Å². The Kier molecular flexibility index (Phi) is 3.93. The summed E-state index contributed by atoms with van der Waals surface area (Å²) in [5, 5.41) is 9.08. The van der Waals surface area contributed by atoms with Gasteiger partial charge in [-0.25, -0.2) is 0 Å². The molecule has 0 aliphatic heterocycles. The van der Waals surface area contributed by atoms with Gasteiger partial charge in [0, 0.05) is 5.92 Å². The highest BCUT2D eigenvalue weighted by Gasteiger charge is 2.12. The predicted molar refractivity (Wildman–Crippen MR) is 60.6 cm³/mol. The topological polar surface area (TPSA) is 33.0 Å². The van der Waals surface area contributed by atoms with Crippen LogP contribution in [0.2, 0.25) is 0 Å². The fraction of sp³-hybridized carbons (Fsp3) is 0.231. The molecule has 0 spiro atoms. The quantitative estimate of drug-likeness (QED) is 0.700. The zero-order chi connectivity index (χ0) is 11.3. The van der Waals surface area contributed by atoms with E-state index in [1.54, 1.807) is 12.1 Å². The van der Waals surface area contributed by atoms with Crippen LogP contribution in [-0.4, -0.2) is 6.61 Å². The van der Waals surface area contributed by atoms with Gasteiger partial charge in [0.25, 0.3) is 0 Å². The first kappa shape index (κ1) is 11.3. The van der Waals surface area contributed by atoms with Crippen molar-refractivity contribution in [2.24, 2.45) is 0 Å². The molecule has 2 heteroatoms. The normalized spacial score (nSPS) is 11.5. The van der Waals surface area contributed by atoms with Crippen LogP contribution in [-0.2, 0) is 0 Å². The number of nitriles is 1. The molecule has 0 fully saturated rings. The summed E-state index contributed by atoms with van der Waals surface area (Å²) in [5.41, 5.74) is 1.41. The van der Waals surface area contributed by atoms with Crippen LogP contribution in [0.4, 0.5) is 0 Å². The highest BCUT2D eigenvalue weighted by Crippen LogP contribution is 2.27. The van der Waals surface area contributed by atoms with Crippen molar-refractivity contribution in [3.8, 4) is 11.8 Å². The van der Waals surface area contributed by atoms with E-state index in [0.717, 1.165) is 5.56 Å². The van der Waals surface area contributed by atoms with Crippen LogP contribution in [0.15, 0.2) is 30.9 Å². The van der Waals surface area contributed by atoms with Crippen LogP contribution in [0.25, 0.3) is 0 Å². The molecular formula is C13H14NO. The zero-order valence-corrected chi connectivity index (χ0v) is 8.86. The summed E-state index contributed by atoms with van der Waals surface area (Å²) in [4.78, 5) is 0. The van der Waals surface area contributed by atoms with E-state index in [1.807, 2.05) is 19.1 Å². The molecule has 0 amide bonds. The summed E-state index contributed by atoms with van der Waals surface area (Å²) >= 11 is 0. The SMILES string of the molecule is [CH2]C(C=C)c1cccc(OCC)c1C#N. The highest BCUT2D eigenvalue weighted by atomic mass is 16.5. The van der Waals surface area contributed by atoms with Gasteiger partial charge >= 0.3 is 0 Å². The molecular weight excluding hydrogens is 186 g/mol. The molecule has 0 N–H and O–H groups in total. The van der Waals surface area contributed by atoms with Crippen LogP contribution < -0.4 is 4.74 Å². The molecule has 1 unspecified atom stereocenters. The van der Waals surface area contributed by atoms with Crippen LogP contribution in [0.5, 0.6) is 5.75 Å². The summed E-state index contributed by atoms with van der Waals surface area (Å²) in [7, 11) is 0. The van der Waals surface area contributed by atoms with Crippen molar-refractivity contribution < 1.29 is 4.74 Å². The minimum atomic E-state index is -0.0833. The molecule has 2 nitrogen and oxygen atoms in total. The van der Waals surface area contributed by atoms with E-state index in [1.165, 1.54) is 0 Å². The minimum Gasteiger partial charge on any atom is -0.492 e. The maximum atomic E-state index is 9.08. The smallest absolute Gasteiger partial charge is 0.137 e. The largest absolute Gasteiger partial charge is 0.492 e. The predicted octanol–water partition coefficient (Wildman–Crippen LogP) is 3.06. The molecule has 77 valence electrons. The zero-order valence-electron chi connectivity index (χ0n) is 8.86. The Morgan fingerprint density at radius 3 is 2.87 bits per heavy atom. The van der Waals surface area contributed by atoms with Gasteiger partial charge < -0.3 is 4.74 Å². The minimum absolute atomic E-state index is 0.0833. The number of hydrogen-bond donors (Lipinski definition) is 0. The molecule has 0 saturated heterocycles. The van der Waals surface area contributed by atoms with Crippen molar-refractivity contribution in [2.75, 3.05) is 6.61 Å². The summed E-state index contributed by atoms with van der Waals surface area (Å²) in [6.07, 6.45) is 1.71. The summed E-state index contributed by atoms with van der Waals surface area (Å²) in [6.45, 7) is 10.0. The van der Waals surface area contributed by atoms with Crippen molar-refractivity contribution in [3.05, 3.63) is 48.9 Å². The standard InChI is InChI=1S/C13H14NO/c1-4-10(3)11-7-6-8-13(15-5-2)12(11)9-14/h4,6-8,10H,1,3,5H2,2H3. The molecule has 0 aromatic heterocycles. The van der Waals surface area contributed by atoms with Gasteiger partial charge in [0.05, 0.1) is 12.2 Å². The van der Waals surface area contributed by atoms with Crippen LogP contribution in [0.1, 0.15) is 24.0 Å². The van der Waals surface area contributed by atoms with Gasteiger partial charge in [-0.15, -0.1) is 6.58 Å². The van der Waals surface area contributed by atoms with Crippen molar-refractivity contribution in [1.29, 1.82) is 5.26 Å². The Morgan fingerprint density at radius 2 is 2.33 bits per heavy atom. The average molecular weight is 200 g/mol. The van der Waals surface area contributed by atoms with E-state index in [2.05, 4.69) is 19.6 Å². The molecule has 15 heavy (non-hydrogen) atoms. The van der Waals surface area contributed by atoms with Gasteiger partial charge in [-0.3, -0.25) is 0 Å². The van der Waals surface area contributed by atoms with E-state index in [9.17, 15) is 0 Å². The summed E-state index contributed by atoms with van der Waals surface area (Å²) < 4.78 is 5.38. The van der Waals surface area contributed by atoms with Crippen molar-refractivity contribution in [2.45, 2.75) is 12.8 Å². The van der Waals surface area contributed by atoms with Gasteiger partial charge in [0.1, 0.15) is 11.8 Å². The molecule has 1 atom stereocenters. The van der Waals surface area contributed by atoms with Crippen LogP contribution in [0, 0.1) is 18.3 Å². The van der Waals surface area contributed by atoms with Crippen molar-refractivity contribution in [3.63, 3.8) is 0 Å². The third-order valence-corrected chi connectivity index (χ3v) is 2.15. The fourth-order valence-corrected chi connectivity index (χ4v) is 1.38. The van der Waals surface area contributed by atoms with E-state index in [-0.39, 0.29) is 5.92 Å². The first-order chi connectivity index (χ1) is 7.24. The molecule has 1 rings (SSSR count). The number of rotatable bonds is 4. The van der Waals surface area contributed by atoms with Crippen LogP contribution >= 0.6 is 0 Å². The maximum Gasteiger partial charge on any atom is 0.137 e. The van der Waals surface area contributed by atoms with Crippen molar-refractivity contribution in [1.82, 2.24) is 0 Å². The third-order valence-electron chi connectivity index (χ3n) is 2.15. The molecule has 0 aliphatic carbocycles. The number of allylic oxidation sites excluding steroid dienone is 1. The van der Waals surface area contributed by atoms with Gasteiger partial charge in [-0.05, 0) is 25.5 Å². The Morgan fingerprint density at radius 1 is 1.60 bits per heavy atom. The lowest BCUT2D eigenvalue weighted by Gasteiger charge is -2.12. The molecule has 1 aromatic rings. The number of ether oxygens (including phenoxy) is 1. The number of hydrogen-bond acceptors (Lipinski definition) is 2. The average Bonchev–Trinajstić information content (AvgIpc) is 2.28. The third kappa shape index (κ3) is 2.38. The molecule has 0 bridgehead atoms. The van der Waals surface area contributed by atoms with E-state index >= 15 is 0 Å². The molecule has 0 aliphatic rings. The van der Waals surface area contributed by atoms with Crippen molar-refractivity contribution >= 4 is 0 Å². The van der Waals surface area contributed by atoms with Crippen LogP contribution in [0.3, 0.4) is 0 Å².